The van der Waals surface area contributed by atoms with E-state index in [9.17, 15) is 9.59 Å². The molecule has 0 N–H and O–H groups in total. The van der Waals surface area contributed by atoms with Crippen molar-refractivity contribution in [2.24, 2.45) is 4.99 Å². The number of esters is 1. The first-order valence-corrected chi connectivity index (χ1v) is 4.51. The summed E-state index contributed by atoms with van der Waals surface area (Å²) >= 11 is 11.5. The summed E-state index contributed by atoms with van der Waals surface area (Å²) in [7, 11) is 1.24. The van der Waals surface area contributed by atoms with Crippen LogP contribution in [0.15, 0.2) is 17.1 Å². The molecule has 0 unspecified atom stereocenters. The van der Waals surface area contributed by atoms with Crippen molar-refractivity contribution in [2.75, 3.05) is 7.11 Å². The number of hydrogen-bond acceptors (Lipinski definition) is 4. The number of rotatable bonds is 2. The molecule has 1 rings (SSSR count). The molecule has 1 aromatic carbocycles. The van der Waals surface area contributed by atoms with Gasteiger partial charge in [0.2, 0.25) is 6.08 Å². The highest BCUT2D eigenvalue weighted by atomic mass is 35.5. The summed E-state index contributed by atoms with van der Waals surface area (Å²) in [6, 6.07) is 2.63. The Bertz CT molecular complexity index is 430. The average molecular weight is 246 g/mol. The number of carbonyl (C=O) groups excluding carboxylic acids is 2. The van der Waals surface area contributed by atoms with Crippen molar-refractivity contribution in [2.45, 2.75) is 0 Å². The van der Waals surface area contributed by atoms with Crippen LogP contribution in [0.1, 0.15) is 10.4 Å². The normalized spacial score (nSPS) is 9.27. The second-order valence-corrected chi connectivity index (χ2v) is 3.30. The van der Waals surface area contributed by atoms with Crippen molar-refractivity contribution in [3.8, 4) is 0 Å². The van der Waals surface area contributed by atoms with Crippen LogP contribution in [0.5, 0.6) is 0 Å². The van der Waals surface area contributed by atoms with Gasteiger partial charge in [0.1, 0.15) is 5.69 Å². The first kappa shape index (κ1) is 11.7. The zero-order valence-electron chi connectivity index (χ0n) is 7.58. The lowest BCUT2D eigenvalue weighted by Crippen LogP contribution is -2.00. The second-order valence-electron chi connectivity index (χ2n) is 2.48. The second kappa shape index (κ2) is 4.94. The third-order valence-corrected chi connectivity index (χ3v) is 2.17. The van der Waals surface area contributed by atoms with E-state index in [2.05, 4.69) is 9.73 Å². The number of benzene rings is 1. The van der Waals surface area contributed by atoms with Gasteiger partial charge < -0.3 is 4.74 Å². The molecule has 15 heavy (non-hydrogen) atoms. The molecule has 0 aliphatic heterocycles. The molecule has 0 aliphatic carbocycles. The van der Waals surface area contributed by atoms with Gasteiger partial charge in [-0.3, -0.25) is 0 Å². The number of carbonyl (C=O) groups is 1. The van der Waals surface area contributed by atoms with Crippen LogP contribution in [-0.2, 0) is 9.53 Å². The number of hydrogen-bond donors (Lipinski definition) is 0. The van der Waals surface area contributed by atoms with E-state index in [0.717, 1.165) is 0 Å². The van der Waals surface area contributed by atoms with Crippen LogP contribution in [0.3, 0.4) is 0 Å². The van der Waals surface area contributed by atoms with Gasteiger partial charge >= 0.3 is 5.97 Å². The molecule has 0 aliphatic rings. The Labute approximate surface area is 95.5 Å². The van der Waals surface area contributed by atoms with E-state index in [-0.39, 0.29) is 21.3 Å². The van der Waals surface area contributed by atoms with E-state index in [1.165, 1.54) is 25.3 Å². The van der Waals surface area contributed by atoms with Gasteiger partial charge in [-0.15, -0.1) is 0 Å². The molecule has 0 aromatic heterocycles. The van der Waals surface area contributed by atoms with Gasteiger partial charge in [-0.1, -0.05) is 23.2 Å². The Balaban J connectivity index is 3.31. The van der Waals surface area contributed by atoms with Gasteiger partial charge in [0.25, 0.3) is 0 Å². The van der Waals surface area contributed by atoms with Crippen molar-refractivity contribution in [1.82, 2.24) is 0 Å². The number of halogens is 2. The molecule has 78 valence electrons. The van der Waals surface area contributed by atoms with Gasteiger partial charge in [0.15, 0.2) is 0 Å². The number of nitrogens with zero attached hydrogens (tertiary/aromatic N) is 1. The Kier molecular flexibility index (Phi) is 3.86. The lowest BCUT2D eigenvalue weighted by atomic mass is 10.2. The van der Waals surface area contributed by atoms with Crippen LogP contribution < -0.4 is 0 Å². The molecule has 0 heterocycles. The van der Waals surface area contributed by atoms with E-state index in [1.54, 1.807) is 0 Å². The van der Waals surface area contributed by atoms with Crippen molar-refractivity contribution < 1.29 is 14.3 Å². The Morgan fingerprint density at radius 2 is 1.93 bits per heavy atom. The lowest BCUT2D eigenvalue weighted by molar-refractivity contribution is 0.0601. The summed E-state index contributed by atoms with van der Waals surface area (Å²) in [5, 5.41) is 0.178. The third kappa shape index (κ3) is 2.57. The van der Waals surface area contributed by atoms with Gasteiger partial charge in [-0.2, -0.15) is 4.99 Å². The minimum atomic E-state index is -0.569. The summed E-state index contributed by atoms with van der Waals surface area (Å²) in [4.78, 5) is 24.5. The number of aliphatic imine (C=N–C) groups is 1. The molecular weight excluding hydrogens is 241 g/mol. The average Bonchev–Trinajstić information content (AvgIpc) is 2.22. The van der Waals surface area contributed by atoms with Gasteiger partial charge in [0, 0.05) is 0 Å². The maximum Gasteiger partial charge on any atom is 0.337 e. The minimum Gasteiger partial charge on any atom is -0.465 e. The molecule has 0 saturated heterocycles. The smallest absolute Gasteiger partial charge is 0.337 e. The molecule has 4 nitrogen and oxygen atoms in total. The van der Waals surface area contributed by atoms with Crippen LogP contribution >= 0.6 is 23.2 Å². The van der Waals surface area contributed by atoms with E-state index >= 15 is 0 Å². The lowest BCUT2D eigenvalue weighted by Gasteiger charge is -2.03. The maximum atomic E-state index is 11.1. The van der Waals surface area contributed by atoms with Crippen LogP contribution in [0.25, 0.3) is 0 Å². The fourth-order valence-corrected chi connectivity index (χ4v) is 1.53. The molecule has 0 radical (unpaired) electrons. The summed E-state index contributed by atoms with van der Waals surface area (Å²) in [6.07, 6.45) is 1.32. The first-order chi connectivity index (χ1) is 7.10. The van der Waals surface area contributed by atoms with Crippen LogP contribution in [0, 0.1) is 0 Å². The predicted octanol–water partition coefficient (Wildman–Crippen LogP) is 2.75. The van der Waals surface area contributed by atoms with Crippen molar-refractivity contribution in [3.63, 3.8) is 0 Å². The van der Waals surface area contributed by atoms with Gasteiger partial charge in [-0.05, 0) is 12.1 Å². The number of isocyanates is 1. The van der Waals surface area contributed by atoms with E-state index in [0.29, 0.717) is 0 Å². The Morgan fingerprint density at radius 3 is 2.33 bits per heavy atom. The maximum absolute atomic E-state index is 11.1. The van der Waals surface area contributed by atoms with Gasteiger partial charge in [-0.25, -0.2) is 9.59 Å². The molecular formula is C9H5Cl2NO3. The van der Waals surface area contributed by atoms with E-state index in [4.69, 9.17) is 23.2 Å². The Hall–Kier alpha value is -1.35. The zero-order chi connectivity index (χ0) is 11.4. The molecule has 0 saturated carbocycles. The summed E-state index contributed by atoms with van der Waals surface area (Å²) in [6.45, 7) is 0. The molecule has 1 aromatic rings. The largest absolute Gasteiger partial charge is 0.465 e. The van der Waals surface area contributed by atoms with Crippen molar-refractivity contribution >= 4 is 40.9 Å². The van der Waals surface area contributed by atoms with Crippen molar-refractivity contribution in [1.29, 1.82) is 0 Å². The molecule has 0 fully saturated rings. The van der Waals surface area contributed by atoms with Crippen LogP contribution in [-0.4, -0.2) is 19.2 Å². The van der Waals surface area contributed by atoms with Gasteiger partial charge in [0.05, 0.1) is 22.7 Å². The topological polar surface area (TPSA) is 55.7 Å². The Morgan fingerprint density at radius 1 is 1.40 bits per heavy atom. The summed E-state index contributed by atoms with van der Waals surface area (Å²) in [5.41, 5.74) is 0.276. The SMILES string of the molecule is COC(=O)c1cc(Cl)c(N=C=O)c(Cl)c1. The highest BCUT2D eigenvalue weighted by Crippen LogP contribution is 2.34. The zero-order valence-corrected chi connectivity index (χ0v) is 9.09. The molecule has 0 amide bonds. The fraction of sp³-hybridized carbons (Fsp3) is 0.111. The summed E-state index contributed by atoms with van der Waals surface area (Å²) in [5.74, 6) is -0.569. The molecule has 0 bridgehead atoms. The minimum absolute atomic E-state index is 0.0842. The number of ether oxygens (including phenoxy) is 1. The fourth-order valence-electron chi connectivity index (χ4n) is 0.954. The van der Waals surface area contributed by atoms with E-state index < -0.39 is 5.97 Å². The highest BCUT2D eigenvalue weighted by Gasteiger charge is 2.12. The quantitative estimate of drug-likeness (QED) is 0.458. The monoisotopic (exact) mass is 245 g/mol. The van der Waals surface area contributed by atoms with E-state index in [1.807, 2.05) is 0 Å². The highest BCUT2D eigenvalue weighted by molar-refractivity contribution is 6.39. The standard InChI is InChI=1S/C9H5Cl2NO3/c1-15-9(14)5-2-6(10)8(12-4-13)7(11)3-5/h2-3H,1H3. The molecule has 6 heteroatoms. The molecule has 0 spiro atoms. The molecule has 0 atom stereocenters. The van der Waals surface area contributed by atoms with Crippen LogP contribution in [0.4, 0.5) is 5.69 Å². The predicted molar refractivity (Wildman–Crippen MR) is 55.6 cm³/mol. The third-order valence-electron chi connectivity index (χ3n) is 1.60. The van der Waals surface area contributed by atoms with Crippen LogP contribution in [0.2, 0.25) is 10.0 Å². The number of methoxy groups -OCH3 is 1. The summed E-state index contributed by atoms with van der Waals surface area (Å²) < 4.78 is 4.48. The first-order valence-electron chi connectivity index (χ1n) is 3.75. The van der Waals surface area contributed by atoms with Crippen molar-refractivity contribution in [3.05, 3.63) is 27.7 Å².